The zero-order chi connectivity index (χ0) is 14.4. The molecule has 0 saturated carbocycles. The van der Waals surface area contributed by atoms with Crippen molar-refractivity contribution in [2.45, 2.75) is 19.8 Å². The highest BCUT2D eigenvalue weighted by Gasteiger charge is 2.08. The Labute approximate surface area is 116 Å². The van der Waals surface area contributed by atoms with Crippen LogP contribution < -0.4 is 4.74 Å². The van der Waals surface area contributed by atoms with Gasteiger partial charge in [0.2, 0.25) is 6.54 Å². The predicted octanol–water partition coefficient (Wildman–Crippen LogP) is 2.53. The third kappa shape index (κ3) is 3.80. The number of hydrogen-bond acceptors (Lipinski definition) is 4. The Hall–Kier alpha value is -2.40. The summed E-state index contributed by atoms with van der Waals surface area (Å²) in [7, 11) is 0. The minimum Gasteiger partial charge on any atom is -0.488 e. The molecule has 0 unspecified atom stereocenters. The average Bonchev–Trinajstić information content (AvgIpc) is 2.46. The van der Waals surface area contributed by atoms with Gasteiger partial charge in [0.1, 0.15) is 12.4 Å². The summed E-state index contributed by atoms with van der Waals surface area (Å²) in [5.74, 6) is 0.524. The third-order valence-electron chi connectivity index (χ3n) is 2.87. The van der Waals surface area contributed by atoms with Gasteiger partial charge in [0.25, 0.3) is 0 Å². The highest BCUT2D eigenvalue weighted by molar-refractivity contribution is 5.33. The summed E-state index contributed by atoms with van der Waals surface area (Å²) in [6.07, 6.45) is 0. The number of para-hydroxylation sites is 1. The van der Waals surface area contributed by atoms with Gasteiger partial charge < -0.3 is 9.84 Å². The molecule has 0 spiro atoms. The topological polar surface area (TPSA) is 72.6 Å². The van der Waals surface area contributed by atoms with Crippen LogP contribution in [0.4, 0.5) is 0 Å². The number of hydrogen-bond donors (Lipinski definition) is 1. The second-order valence-corrected chi connectivity index (χ2v) is 4.36. The molecule has 0 aliphatic rings. The van der Waals surface area contributed by atoms with E-state index in [-0.39, 0.29) is 18.1 Å². The summed E-state index contributed by atoms with van der Waals surface area (Å²) < 4.78 is 5.63. The molecule has 0 amide bonds. The molecule has 2 aromatic rings. The van der Waals surface area contributed by atoms with E-state index in [0.717, 1.165) is 11.1 Å². The van der Waals surface area contributed by atoms with Crippen molar-refractivity contribution in [1.29, 1.82) is 0 Å². The van der Waals surface area contributed by atoms with E-state index < -0.39 is 0 Å². The van der Waals surface area contributed by atoms with Crippen molar-refractivity contribution in [3.8, 4) is 5.75 Å². The van der Waals surface area contributed by atoms with Crippen molar-refractivity contribution in [2.75, 3.05) is 0 Å². The van der Waals surface area contributed by atoms with Crippen molar-refractivity contribution in [3.05, 3.63) is 75.3 Å². The molecule has 0 fully saturated rings. The maximum atomic E-state index is 10.6. The van der Waals surface area contributed by atoms with Crippen LogP contribution in [-0.2, 0) is 19.8 Å². The third-order valence-corrected chi connectivity index (χ3v) is 2.87. The largest absolute Gasteiger partial charge is 0.488 e. The van der Waals surface area contributed by atoms with E-state index in [1.165, 1.54) is 0 Å². The Balaban J connectivity index is 2.04. The summed E-state index contributed by atoms with van der Waals surface area (Å²) in [4.78, 5) is 10.2. The number of rotatable bonds is 6. The van der Waals surface area contributed by atoms with E-state index in [0.29, 0.717) is 17.9 Å². The van der Waals surface area contributed by atoms with Crippen LogP contribution in [0.3, 0.4) is 0 Å². The van der Waals surface area contributed by atoms with Crippen LogP contribution in [0.1, 0.15) is 16.7 Å². The first-order valence-corrected chi connectivity index (χ1v) is 6.20. The van der Waals surface area contributed by atoms with Crippen molar-refractivity contribution in [3.63, 3.8) is 0 Å². The summed E-state index contributed by atoms with van der Waals surface area (Å²) in [5.41, 5.74) is 2.34. The fourth-order valence-electron chi connectivity index (χ4n) is 1.82. The van der Waals surface area contributed by atoms with Gasteiger partial charge in [-0.1, -0.05) is 36.4 Å². The average molecular weight is 273 g/mol. The fraction of sp³-hybridized carbons (Fsp3) is 0.200. The molecule has 5 nitrogen and oxygen atoms in total. The lowest BCUT2D eigenvalue weighted by Crippen LogP contribution is -2.03. The Morgan fingerprint density at radius 3 is 2.35 bits per heavy atom. The van der Waals surface area contributed by atoms with E-state index in [2.05, 4.69) is 0 Å². The molecule has 0 aliphatic heterocycles. The summed E-state index contributed by atoms with van der Waals surface area (Å²) >= 11 is 0. The summed E-state index contributed by atoms with van der Waals surface area (Å²) in [6.45, 7) is 0.0901. The fourth-order valence-corrected chi connectivity index (χ4v) is 1.82. The number of nitrogens with zero attached hydrogens (tertiary/aromatic N) is 1. The van der Waals surface area contributed by atoms with Crippen LogP contribution in [0, 0.1) is 10.1 Å². The highest BCUT2D eigenvalue weighted by atomic mass is 16.6. The SMILES string of the molecule is O=[N+]([O-])Cc1ccccc1OCc1ccc(CO)cc1. The molecular formula is C15H15NO4. The van der Waals surface area contributed by atoms with Crippen molar-refractivity contribution < 1.29 is 14.8 Å². The van der Waals surface area contributed by atoms with E-state index >= 15 is 0 Å². The van der Waals surface area contributed by atoms with Gasteiger partial charge >= 0.3 is 0 Å². The monoisotopic (exact) mass is 273 g/mol. The molecule has 0 atom stereocenters. The van der Waals surface area contributed by atoms with Gasteiger partial charge in [0, 0.05) is 4.92 Å². The molecule has 0 radical (unpaired) electrons. The van der Waals surface area contributed by atoms with Gasteiger partial charge in [-0.05, 0) is 23.3 Å². The molecule has 20 heavy (non-hydrogen) atoms. The lowest BCUT2D eigenvalue weighted by Gasteiger charge is -2.09. The standard InChI is InChI=1S/C15H15NO4/c17-10-12-5-7-13(8-6-12)11-20-15-4-2-1-3-14(15)9-16(18)19/h1-8,17H,9-11H2. The Bertz CT molecular complexity index is 581. The van der Waals surface area contributed by atoms with Gasteiger partial charge in [-0.15, -0.1) is 0 Å². The number of benzene rings is 2. The Kier molecular flexibility index (Phi) is 4.68. The van der Waals surface area contributed by atoms with Gasteiger partial charge in [-0.2, -0.15) is 0 Å². The molecule has 104 valence electrons. The number of aliphatic hydroxyl groups excluding tert-OH is 1. The van der Waals surface area contributed by atoms with Gasteiger partial charge in [-0.3, -0.25) is 10.1 Å². The highest BCUT2D eigenvalue weighted by Crippen LogP contribution is 2.20. The Morgan fingerprint density at radius 1 is 1.05 bits per heavy atom. The lowest BCUT2D eigenvalue weighted by atomic mass is 10.1. The molecule has 2 aromatic carbocycles. The maximum absolute atomic E-state index is 10.6. The molecule has 0 saturated heterocycles. The molecule has 0 aliphatic carbocycles. The second-order valence-electron chi connectivity index (χ2n) is 4.36. The summed E-state index contributed by atoms with van der Waals surface area (Å²) in [6, 6.07) is 14.3. The van der Waals surface area contributed by atoms with Crippen LogP contribution in [-0.4, -0.2) is 10.0 Å². The minimum absolute atomic E-state index is 0.00675. The van der Waals surface area contributed by atoms with Crippen LogP contribution in [0.2, 0.25) is 0 Å². The van der Waals surface area contributed by atoms with Gasteiger partial charge in [0.15, 0.2) is 0 Å². The first kappa shape index (κ1) is 14.0. The van der Waals surface area contributed by atoms with Crippen molar-refractivity contribution >= 4 is 0 Å². The minimum atomic E-state index is -0.377. The van der Waals surface area contributed by atoms with Crippen molar-refractivity contribution in [2.24, 2.45) is 0 Å². The number of aliphatic hydroxyl groups is 1. The lowest BCUT2D eigenvalue weighted by molar-refractivity contribution is -0.496. The zero-order valence-electron chi connectivity index (χ0n) is 10.9. The quantitative estimate of drug-likeness (QED) is 0.648. The molecule has 0 bridgehead atoms. The number of nitro groups is 1. The maximum Gasteiger partial charge on any atom is 0.232 e. The molecule has 0 heterocycles. The van der Waals surface area contributed by atoms with Crippen LogP contribution in [0.15, 0.2) is 48.5 Å². The van der Waals surface area contributed by atoms with Crippen LogP contribution in [0.5, 0.6) is 5.75 Å². The molecule has 1 N–H and O–H groups in total. The van der Waals surface area contributed by atoms with Crippen molar-refractivity contribution in [1.82, 2.24) is 0 Å². The molecule has 0 aromatic heterocycles. The first-order valence-electron chi connectivity index (χ1n) is 6.20. The van der Waals surface area contributed by atoms with Crippen LogP contribution in [0.25, 0.3) is 0 Å². The van der Waals surface area contributed by atoms with E-state index in [1.54, 1.807) is 24.3 Å². The molecule has 2 rings (SSSR count). The Morgan fingerprint density at radius 2 is 1.70 bits per heavy atom. The molecule has 5 heteroatoms. The first-order chi connectivity index (χ1) is 9.69. The van der Waals surface area contributed by atoms with E-state index in [9.17, 15) is 10.1 Å². The van der Waals surface area contributed by atoms with E-state index in [4.69, 9.17) is 9.84 Å². The number of ether oxygens (including phenoxy) is 1. The van der Waals surface area contributed by atoms with Crippen LogP contribution >= 0.6 is 0 Å². The summed E-state index contributed by atoms with van der Waals surface area (Å²) in [5, 5.41) is 19.6. The smallest absolute Gasteiger partial charge is 0.232 e. The second kappa shape index (κ2) is 6.68. The zero-order valence-corrected chi connectivity index (χ0v) is 10.9. The van der Waals surface area contributed by atoms with Gasteiger partial charge in [-0.25, -0.2) is 0 Å². The van der Waals surface area contributed by atoms with Gasteiger partial charge in [0.05, 0.1) is 12.2 Å². The normalized spacial score (nSPS) is 10.2. The predicted molar refractivity (Wildman–Crippen MR) is 73.8 cm³/mol. The molecular weight excluding hydrogens is 258 g/mol. The van der Waals surface area contributed by atoms with E-state index in [1.807, 2.05) is 24.3 Å².